The van der Waals surface area contributed by atoms with Crippen molar-refractivity contribution in [2.75, 3.05) is 0 Å². The third kappa shape index (κ3) is 1.20. The van der Waals surface area contributed by atoms with Crippen LogP contribution in [0.5, 0.6) is 0 Å². The van der Waals surface area contributed by atoms with E-state index in [1.165, 1.54) is 4.68 Å². The van der Waals surface area contributed by atoms with Gasteiger partial charge in [-0.1, -0.05) is 0 Å². The van der Waals surface area contributed by atoms with Crippen LogP contribution >= 0.6 is 0 Å². The Morgan fingerprint density at radius 2 is 2.00 bits per heavy atom. The molecule has 0 aromatic carbocycles. The highest BCUT2D eigenvalue weighted by Gasteiger charge is 2.07. The normalized spacial score (nSPS) is 11.0. The second-order valence-corrected chi connectivity index (χ2v) is 2.93. The van der Waals surface area contributed by atoms with E-state index in [-0.39, 0.29) is 11.7 Å². The van der Waals surface area contributed by atoms with Gasteiger partial charge in [-0.15, -0.1) is 0 Å². The van der Waals surface area contributed by atoms with E-state index in [2.05, 4.69) is 5.10 Å². The number of hydrogen-bond donors (Lipinski definition) is 0. The van der Waals surface area contributed by atoms with E-state index in [1.807, 2.05) is 20.8 Å². The molecule has 62 valence electrons. The van der Waals surface area contributed by atoms with Crippen LogP contribution in [0.2, 0.25) is 0 Å². The van der Waals surface area contributed by atoms with Crippen LogP contribution < -0.4 is 5.69 Å². The van der Waals surface area contributed by atoms with Crippen LogP contribution in [0.25, 0.3) is 0 Å². The first-order valence-electron chi connectivity index (χ1n) is 3.66. The smallest absolute Gasteiger partial charge is 0.282 e. The van der Waals surface area contributed by atoms with Crippen molar-refractivity contribution < 1.29 is 0 Å². The van der Waals surface area contributed by atoms with Gasteiger partial charge in [-0.25, -0.2) is 9.48 Å². The number of rotatable bonds is 1. The average Bonchev–Trinajstić information content (AvgIpc) is 2.17. The van der Waals surface area contributed by atoms with Gasteiger partial charge >= 0.3 is 5.69 Å². The number of hydrogen-bond acceptors (Lipinski definition) is 2. The van der Waals surface area contributed by atoms with Crippen molar-refractivity contribution in [3.05, 3.63) is 16.3 Å². The Morgan fingerprint density at radius 3 is 2.18 bits per heavy atom. The van der Waals surface area contributed by atoms with E-state index in [4.69, 9.17) is 0 Å². The van der Waals surface area contributed by atoms with Crippen LogP contribution in [0.3, 0.4) is 0 Å². The first-order chi connectivity index (χ1) is 5.04. The van der Waals surface area contributed by atoms with Crippen molar-refractivity contribution in [1.82, 2.24) is 14.3 Å². The predicted molar refractivity (Wildman–Crippen MR) is 42.6 cm³/mol. The molecule has 11 heavy (non-hydrogen) atoms. The van der Waals surface area contributed by atoms with Gasteiger partial charge in [-0.3, -0.25) is 4.57 Å². The maximum absolute atomic E-state index is 11.3. The van der Waals surface area contributed by atoms with E-state index in [0.29, 0.717) is 0 Å². The molecule has 0 fully saturated rings. The van der Waals surface area contributed by atoms with Crippen LogP contribution in [-0.2, 0) is 7.05 Å². The summed E-state index contributed by atoms with van der Waals surface area (Å²) in [4.78, 5) is 11.3. The molecular weight excluding hydrogens is 142 g/mol. The quantitative estimate of drug-likeness (QED) is 0.591. The Hall–Kier alpha value is -1.06. The van der Waals surface area contributed by atoms with Crippen molar-refractivity contribution in [1.29, 1.82) is 0 Å². The van der Waals surface area contributed by atoms with Crippen LogP contribution in [0, 0.1) is 6.92 Å². The first-order valence-corrected chi connectivity index (χ1v) is 3.66. The highest BCUT2D eigenvalue weighted by atomic mass is 16.2. The van der Waals surface area contributed by atoms with Crippen molar-refractivity contribution >= 4 is 0 Å². The lowest BCUT2D eigenvalue weighted by Gasteiger charge is -2.00. The van der Waals surface area contributed by atoms with Crippen LogP contribution in [0.15, 0.2) is 4.79 Å². The summed E-state index contributed by atoms with van der Waals surface area (Å²) in [7, 11) is 1.73. The molecule has 0 saturated heterocycles. The van der Waals surface area contributed by atoms with Gasteiger partial charge in [-0.05, 0) is 20.8 Å². The van der Waals surface area contributed by atoms with E-state index in [9.17, 15) is 4.79 Å². The zero-order chi connectivity index (χ0) is 8.59. The van der Waals surface area contributed by atoms with Gasteiger partial charge in [0.1, 0.15) is 5.82 Å². The molecule has 0 saturated carbocycles. The van der Waals surface area contributed by atoms with Crippen molar-refractivity contribution in [2.45, 2.75) is 26.8 Å². The van der Waals surface area contributed by atoms with E-state index >= 15 is 0 Å². The summed E-state index contributed by atoms with van der Waals surface area (Å²) in [6.45, 7) is 5.70. The summed E-state index contributed by atoms with van der Waals surface area (Å²) in [5.74, 6) is 0.753. The number of nitrogens with zero attached hydrogens (tertiary/aromatic N) is 3. The molecule has 0 aliphatic carbocycles. The minimum Gasteiger partial charge on any atom is -0.282 e. The van der Waals surface area contributed by atoms with E-state index in [0.717, 1.165) is 5.82 Å². The van der Waals surface area contributed by atoms with Gasteiger partial charge in [0.15, 0.2) is 0 Å². The van der Waals surface area contributed by atoms with Crippen LogP contribution in [0.4, 0.5) is 0 Å². The standard InChI is InChI=1S/C7H13N3O/c1-5(2)10-7(11)9(4)6(3)8-10/h5H,1-4H3. The molecule has 1 heterocycles. The summed E-state index contributed by atoms with van der Waals surface area (Å²) in [6.07, 6.45) is 0. The Kier molecular flexibility index (Phi) is 1.85. The highest BCUT2D eigenvalue weighted by molar-refractivity contribution is 4.82. The molecule has 0 amide bonds. The average molecular weight is 155 g/mol. The largest absolute Gasteiger partial charge is 0.345 e. The molecule has 0 spiro atoms. The molecular formula is C7H13N3O. The topological polar surface area (TPSA) is 39.8 Å². The molecule has 0 N–H and O–H groups in total. The molecule has 1 aromatic rings. The summed E-state index contributed by atoms with van der Waals surface area (Å²) < 4.78 is 3.02. The Bertz CT molecular complexity index is 308. The molecule has 0 radical (unpaired) electrons. The highest BCUT2D eigenvalue weighted by Crippen LogP contribution is 1.97. The number of aromatic nitrogens is 3. The molecule has 4 heteroatoms. The summed E-state index contributed by atoms with van der Waals surface area (Å²) >= 11 is 0. The lowest BCUT2D eigenvalue weighted by Crippen LogP contribution is -2.24. The predicted octanol–water partition coefficient (Wildman–Crippen LogP) is 0.471. The van der Waals surface area contributed by atoms with Crippen molar-refractivity contribution in [3.63, 3.8) is 0 Å². The first kappa shape index (κ1) is 8.04. The lowest BCUT2D eigenvalue weighted by molar-refractivity contribution is 0.507. The SMILES string of the molecule is Cc1nn(C(C)C)c(=O)n1C. The van der Waals surface area contributed by atoms with Crippen molar-refractivity contribution in [3.8, 4) is 0 Å². The fraction of sp³-hybridized carbons (Fsp3) is 0.714. The molecule has 0 atom stereocenters. The van der Waals surface area contributed by atoms with Gasteiger partial charge in [-0.2, -0.15) is 5.10 Å². The fourth-order valence-electron chi connectivity index (χ4n) is 0.894. The minimum atomic E-state index is -0.0440. The minimum absolute atomic E-state index is 0.0440. The van der Waals surface area contributed by atoms with Gasteiger partial charge in [0.25, 0.3) is 0 Å². The molecule has 0 aliphatic rings. The van der Waals surface area contributed by atoms with Gasteiger partial charge in [0, 0.05) is 7.05 Å². The van der Waals surface area contributed by atoms with Gasteiger partial charge in [0.2, 0.25) is 0 Å². The van der Waals surface area contributed by atoms with Gasteiger partial charge < -0.3 is 0 Å². The van der Waals surface area contributed by atoms with Crippen molar-refractivity contribution in [2.24, 2.45) is 7.05 Å². The van der Waals surface area contributed by atoms with Gasteiger partial charge in [0.05, 0.1) is 6.04 Å². The van der Waals surface area contributed by atoms with Crippen LogP contribution in [-0.4, -0.2) is 14.3 Å². The fourth-order valence-corrected chi connectivity index (χ4v) is 0.894. The summed E-state index contributed by atoms with van der Waals surface area (Å²) in [5, 5.41) is 4.08. The molecule has 0 unspecified atom stereocenters. The molecule has 0 bridgehead atoms. The second kappa shape index (κ2) is 2.53. The van der Waals surface area contributed by atoms with E-state index in [1.54, 1.807) is 11.6 Å². The maximum Gasteiger partial charge on any atom is 0.345 e. The molecule has 1 rings (SSSR count). The summed E-state index contributed by atoms with van der Waals surface area (Å²) in [6, 6.07) is 0.141. The molecule has 4 nitrogen and oxygen atoms in total. The third-order valence-corrected chi connectivity index (χ3v) is 1.71. The van der Waals surface area contributed by atoms with Crippen LogP contribution in [0.1, 0.15) is 25.7 Å². The zero-order valence-electron chi connectivity index (χ0n) is 7.33. The molecule has 0 aliphatic heterocycles. The number of aryl methyl sites for hydroxylation is 1. The Labute approximate surface area is 65.5 Å². The molecule has 1 aromatic heterocycles. The monoisotopic (exact) mass is 155 g/mol. The summed E-state index contributed by atoms with van der Waals surface area (Å²) in [5.41, 5.74) is -0.0440. The maximum atomic E-state index is 11.3. The third-order valence-electron chi connectivity index (χ3n) is 1.71. The lowest BCUT2D eigenvalue weighted by atomic mass is 10.4. The zero-order valence-corrected chi connectivity index (χ0v) is 7.33. The Balaban J connectivity index is 3.30. The Morgan fingerprint density at radius 1 is 1.45 bits per heavy atom. The van der Waals surface area contributed by atoms with E-state index < -0.39 is 0 Å². The second-order valence-electron chi connectivity index (χ2n) is 2.93.